The van der Waals surface area contributed by atoms with Crippen LogP contribution in [-0.4, -0.2) is 183 Å². The van der Waals surface area contributed by atoms with Gasteiger partial charge in [0.05, 0.1) is 6.54 Å². The van der Waals surface area contributed by atoms with Crippen LogP contribution >= 0.6 is 0 Å². The average Bonchev–Trinajstić information content (AvgIpc) is 1.69. The van der Waals surface area contributed by atoms with Crippen molar-refractivity contribution in [2.75, 3.05) is 39.3 Å². The predicted octanol–water partition coefficient (Wildman–Crippen LogP) is 5.28. The third-order valence-electron chi connectivity index (χ3n) is 15.6. The fraction of sp³-hybridized carbons (Fsp3) is 0.493. The normalized spacial score (nSPS) is 16.1. The fourth-order valence-corrected chi connectivity index (χ4v) is 10.3. The van der Waals surface area contributed by atoms with Crippen molar-refractivity contribution in [2.45, 2.75) is 186 Å². The minimum atomic E-state index is -1.05. The molecule has 0 saturated carbocycles. The molecule has 4 aromatic carbocycles. The van der Waals surface area contributed by atoms with E-state index in [4.69, 9.17) is 51.5 Å². The minimum Gasteiger partial charge on any atom is -0.480 e. The Balaban J connectivity index is 0.000000351. The van der Waals surface area contributed by atoms with E-state index >= 15 is 0 Å². The lowest BCUT2D eigenvalue weighted by Crippen LogP contribution is -2.52. The molecule has 0 aliphatic carbocycles. The summed E-state index contributed by atoms with van der Waals surface area (Å²) in [6, 6.07) is 32.3. The lowest BCUT2D eigenvalue weighted by atomic mass is 10.1. The van der Waals surface area contributed by atoms with E-state index < -0.39 is 96.1 Å². The summed E-state index contributed by atoms with van der Waals surface area (Å²) >= 11 is 0. The van der Waals surface area contributed by atoms with Crippen LogP contribution in [0.3, 0.4) is 0 Å². The second-order valence-electron chi connectivity index (χ2n) is 23.5. The van der Waals surface area contributed by atoms with Crippen molar-refractivity contribution >= 4 is 71.6 Å². The first kappa shape index (κ1) is 84.2. The van der Waals surface area contributed by atoms with Gasteiger partial charge in [-0.05, 0) is 86.5 Å². The lowest BCUT2D eigenvalue weighted by Gasteiger charge is -2.26. The minimum absolute atomic E-state index is 0.0921. The quantitative estimate of drug-likeness (QED) is 0.0234. The number of nitrogens with one attached hydrogen (secondary N) is 4. The number of alkyl carbamates (subject to hydrolysis) is 2. The van der Waals surface area contributed by atoms with E-state index in [1.807, 2.05) is 149 Å². The highest BCUT2D eigenvalue weighted by atomic mass is 16.6. The molecule has 3 aliphatic rings. The van der Waals surface area contributed by atoms with E-state index in [-0.39, 0.29) is 57.2 Å². The van der Waals surface area contributed by atoms with Gasteiger partial charge < -0.3 is 87.4 Å². The van der Waals surface area contributed by atoms with Crippen molar-refractivity contribution in [1.29, 1.82) is 0 Å². The molecule has 3 heterocycles. The molecule has 548 valence electrons. The highest BCUT2D eigenvalue weighted by Gasteiger charge is 2.38. The monoisotopic (exact) mass is 1400 g/mol. The number of nitrogens with zero attached hydrogens (tertiary/aromatic N) is 3. The zero-order valence-corrected chi connectivity index (χ0v) is 57.5. The highest BCUT2D eigenvalue weighted by molar-refractivity contribution is 5.93. The van der Waals surface area contributed by atoms with Gasteiger partial charge in [0.25, 0.3) is 0 Å². The summed E-state index contributed by atoms with van der Waals surface area (Å²) in [6.45, 7) is 8.90. The smallest absolute Gasteiger partial charge is 0.407 e. The molecule has 3 fully saturated rings. The number of carbonyl (C=O) groups is 12. The largest absolute Gasteiger partial charge is 0.480 e. The summed E-state index contributed by atoms with van der Waals surface area (Å²) in [4.78, 5) is 145. The Morgan fingerprint density at radius 1 is 0.430 bits per heavy atom. The number of esters is 2. The first-order valence-electron chi connectivity index (χ1n) is 33.7. The fourth-order valence-electron chi connectivity index (χ4n) is 10.3. The van der Waals surface area contributed by atoms with Crippen molar-refractivity contribution in [3.63, 3.8) is 0 Å². The maximum absolute atomic E-state index is 13.0. The molecule has 4 aromatic rings. The summed E-state index contributed by atoms with van der Waals surface area (Å²) in [5.41, 5.74) is 19.6. The van der Waals surface area contributed by atoms with E-state index in [2.05, 4.69) is 21.3 Å². The number of carboxylic acids is 3. The van der Waals surface area contributed by atoms with Crippen LogP contribution in [-0.2, 0) is 93.3 Å². The Bertz CT molecular complexity index is 3170. The second-order valence-corrected chi connectivity index (χ2v) is 23.5. The Morgan fingerprint density at radius 3 is 1.11 bits per heavy atom. The number of likely N-dealkylation sites (tertiary alicyclic amines) is 3. The number of benzene rings is 4. The Kier molecular flexibility index (Phi) is 40.3. The van der Waals surface area contributed by atoms with E-state index in [9.17, 15) is 57.5 Å². The summed E-state index contributed by atoms with van der Waals surface area (Å²) in [6.07, 6.45) is 7.19. The number of ether oxygens (including phenoxy) is 4. The molecule has 3 aliphatic heterocycles. The van der Waals surface area contributed by atoms with Crippen LogP contribution in [0.25, 0.3) is 0 Å². The van der Waals surface area contributed by atoms with Gasteiger partial charge in [-0.15, -0.1) is 0 Å². The number of nitrogens with two attached hydrogens (primary N) is 3. The van der Waals surface area contributed by atoms with Gasteiger partial charge in [0.15, 0.2) is 0 Å². The third-order valence-corrected chi connectivity index (χ3v) is 15.6. The van der Waals surface area contributed by atoms with Crippen LogP contribution in [0, 0.1) is 0 Å². The van der Waals surface area contributed by atoms with E-state index in [1.54, 1.807) is 0 Å². The van der Waals surface area contributed by atoms with E-state index in [0.717, 1.165) is 41.5 Å². The highest BCUT2D eigenvalue weighted by Crippen LogP contribution is 2.21. The van der Waals surface area contributed by atoms with Crippen LogP contribution in [0.4, 0.5) is 9.59 Å². The van der Waals surface area contributed by atoms with Gasteiger partial charge in [-0.25, -0.2) is 24.0 Å². The Hall–Kier alpha value is -10.0. The van der Waals surface area contributed by atoms with Crippen LogP contribution in [0.2, 0.25) is 0 Å². The molecule has 3 saturated heterocycles. The van der Waals surface area contributed by atoms with Gasteiger partial charge in [0.1, 0.15) is 81.8 Å². The SMILES string of the molecule is CCC[C@H](N)C(=O)O.CCC[C@H](N)C(=O)OCc1ccccc1.CCC[C@H](NC(=O)[C@@H]1CCCN1C(=O)CN)C(=O)O.CCC[C@H](NC(=O)[C@@H]1CCCN1C(=O)CNC(=O)OCc1ccccc1)C(=O)OCc1ccccc1.O=C(NCC(=O)N1CCC[C@H]1C(=O)O)OCc1ccccc1. The third kappa shape index (κ3) is 32.1. The van der Waals surface area contributed by atoms with Crippen molar-refractivity contribution < 1.29 is 91.8 Å². The zero-order chi connectivity index (χ0) is 73.8. The molecule has 29 heteroatoms. The van der Waals surface area contributed by atoms with E-state index in [1.165, 1.54) is 14.7 Å². The molecule has 0 radical (unpaired) electrons. The number of aliphatic carboxylic acids is 3. The molecule has 7 amide bonds. The zero-order valence-electron chi connectivity index (χ0n) is 57.5. The summed E-state index contributed by atoms with van der Waals surface area (Å²) in [5, 5.41) is 36.3. The molecule has 0 bridgehead atoms. The number of hydrogen-bond donors (Lipinski definition) is 10. The molecule has 0 spiro atoms. The molecule has 0 unspecified atom stereocenters. The van der Waals surface area contributed by atoms with Crippen molar-refractivity contribution in [3.05, 3.63) is 144 Å². The topological polar surface area (TPSA) is 438 Å². The maximum Gasteiger partial charge on any atom is 0.407 e. The molecule has 7 atom stereocenters. The number of carbonyl (C=O) groups excluding carboxylic acids is 9. The summed E-state index contributed by atoms with van der Waals surface area (Å²) in [5.74, 6) is -5.69. The van der Waals surface area contributed by atoms with Crippen LogP contribution in [0.15, 0.2) is 121 Å². The average molecular weight is 1400 g/mol. The lowest BCUT2D eigenvalue weighted by molar-refractivity contribution is -0.150. The van der Waals surface area contributed by atoms with Gasteiger partial charge >= 0.3 is 42.0 Å². The Morgan fingerprint density at radius 2 is 0.760 bits per heavy atom. The number of rotatable bonds is 30. The molecule has 7 rings (SSSR count). The van der Waals surface area contributed by atoms with E-state index in [0.29, 0.717) is 96.9 Å². The van der Waals surface area contributed by atoms with Gasteiger partial charge in [-0.2, -0.15) is 0 Å². The van der Waals surface area contributed by atoms with Crippen LogP contribution < -0.4 is 38.5 Å². The van der Waals surface area contributed by atoms with Gasteiger partial charge in [0.2, 0.25) is 29.5 Å². The molecular weight excluding hydrogens is 1300 g/mol. The molecular formula is C71H100N10O19. The van der Waals surface area contributed by atoms with Gasteiger partial charge in [-0.3, -0.25) is 33.6 Å². The standard InChI is InChI=1S/C27H33N3O6.C15H18N2O5.C12H21N3O4.C12H17NO2.C5H11NO2/c1-2-10-22(26(33)35-18-20-11-5-3-6-12-20)29-25(32)23-15-9-16-30(23)24(31)17-28-27(34)36-19-21-13-7-4-8-14-21;18-13(17-8-4-7-12(17)14(19)20)9-16-15(21)22-10-11-5-2-1-3-6-11;1-2-4-8(12(18)19)14-11(17)9-5-3-6-15(9)10(16)7-13;1-2-6-11(13)12(14)15-9-10-7-4-3-5-8-10;1-2-3-4(6)5(7)8/h3-8,11-14,22-23H,2,9-10,15-19H2,1H3,(H,28,34)(H,29,32);1-3,5-6,12H,4,7-10H2,(H,16,21)(H,19,20);8-9H,2-7,13H2,1H3,(H,14,17)(H,18,19);3-5,7-8,11H,2,6,9,13H2,1H3;4H,2-3,6H2,1H3,(H,7,8)/t22-,23-;12-;8-,9-;11-;4-/m00000/s1. The van der Waals surface area contributed by atoms with Crippen LogP contribution in [0.1, 0.15) is 140 Å². The van der Waals surface area contributed by atoms with Crippen molar-refractivity contribution in [3.8, 4) is 0 Å². The Labute approximate surface area is 583 Å². The first-order chi connectivity index (χ1) is 48.0. The molecule has 0 aromatic heterocycles. The summed E-state index contributed by atoms with van der Waals surface area (Å²) in [7, 11) is 0. The summed E-state index contributed by atoms with van der Waals surface area (Å²) < 4.78 is 20.6. The van der Waals surface area contributed by atoms with Gasteiger partial charge in [-0.1, -0.05) is 175 Å². The van der Waals surface area contributed by atoms with Crippen molar-refractivity contribution in [2.24, 2.45) is 17.2 Å². The molecule has 13 N–H and O–H groups in total. The molecule has 29 nitrogen and oxygen atoms in total. The predicted molar refractivity (Wildman–Crippen MR) is 367 cm³/mol. The van der Waals surface area contributed by atoms with Gasteiger partial charge in [0, 0.05) is 19.6 Å². The number of carboxylic acid groups (broad SMARTS) is 3. The number of hydrogen-bond acceptors (Lipinski definition) is 19. The van der Waals surface area contributed by atoms with Crippen LogP contribution in [0.5, 0.6) is 0 Å². The second kappa shape index (κ2) is 47.9. The first-order valence-corrected chi connectivity index (χ1v) is 33.7. The number of amides is 7. The maximum atomic E-state index is 13.0. The van der Waals surface area contributed by atoms with Crippen molar-refractivity contribution in [1.82, 2.24) is 36.0 Å². The molecule has 100 heavy (non-hydrogen) atoms.